The molecule has 0 N–H and O–H groups in total. The average Bonchev–Trinajstić information content (AvgIpc) is 2.58. The molecule has 0 bridgehead atoms. The van der Waals surface area contributed by atoms with Gasteiger partial charge in [0.2, 0.25) is 0 Å². The summed E-state index contributed by atoms with van der Waals surface area (Å²) in [5, 5.41) is 5.15. The zero-order chi connectivity index (χ0) is 11.7. The minimum atomic E-state index is 0.230. The number of carbonyl (C=O) groups is 1. The van der Waals surface area contributed by atoms with Crippen molar-refractivity contribution in [2.24, 2.45) is 0 Å². The van der Waals surface area contributed by atoms with Crippen LogP contribution in [-0.4, -0.2) is 16.1 Å². The smallest absolute Gasteiger partial charge is 0.154 e. The Hall–Kier alpha value is -1.03. The van der Waals surface area contributed by atoms with Crippen molar-refractivity contribution in [2.45, 2.75) is 0 Å². The number of halogens is 3. The first-order valence-electron chi connectivity index (χ1n) is 4.27. The first kappa shape index (κ1) is 11.5. The number of aldehydes is 1. The molecular formula is C10H5Cl3N2O. The van der Waals surface area contributed by atoms with Crippen LogP contribution >= 0.6 is 34.8 Å². The minimum Gasteiger partial charge on any atom is -0.298 e. The number of hydrogen-bond donors (Lipinski definition) is 0. The van der Waals surface area contributed by atoms with Crippen molar-refractivity contribution in [1.29, 1.82) is 0 Å². The van der Waals surface area contributed by atoms with Crippen molar-refractivity contribution >= 4 is 41.1 Å². The number of aromatic nitrogens is 2. The summed E-state index contributed by atoms with van der Waals surface area (Å²) >= 11 is 17.7. The Morgan fingerprint density at radius 2 is 1.75 bits per heavy atom. The summed E-state index contributed by atoms with van der Waals surface area (Å²) < 4.78 is 1.39. The predicted molar refractivity (Wildman–Crippen MR) is 64.0 cm³/mol. The van der Waals surface area contributed by atoms with Crippen LogP contribution in [0.5, 0.6) is 0 Å². The number of benzene rings is 1. The molecule has 0 aliphatic heterocycles. The Balaban J connectivity index is 2.58. The molecule has 0 fully saturated rings. The Bertz CT molecular complexity index is 531. The molecule has 0 unspecified atom stereocenters. The SMILES string of the molecule is O=Cc1cnn(-c2cc(Cl)cc(Cl)c2)c1Cl. The van der Waals surface area contributed by atoms with Gasteiger partial charge in [-0.25, -0.2) is 4.68 Å². The molecule has 1 aromatic heterocycles. The van der Waals surface area contributed by atoms with E-state index in [1.54, 1.807) is 18.2 Å². The number of nitrogens with zero attached hydrogens (tertiary/aromatic N) is 2. The van der Waals surface area contributed by atoms with E-state index in [-0.39, 0.29) is 5.15 Å². The van der Waals surface area contributed by atoms with E-state index in [9.17, 15) is 4.79 Å². The summed E-state index contributed by atoms with van der Waals surface area (Å²) in [6.07, 6.45) is 2.02. The Morgan fingerprint density at radius 1 is 1.12 bits per heavy atom. The summed E-state index contributed by atoms with van der Waals surface area (Å²) in [7, 11) is 0. The van der Waals surface area contributed by atoms with Crippen molar-refractivity contribution in [2.75, 3.05) is 0 Å². The standard InChI is InChI=1S/C10H5Cl3N2O/c11-7-1-8(12)3-9(2-7)15-10(13)6(5-16)4-14-15/h1-5H. The van der Waals surface area contributed by atoms with Gasteiger partial charge < -0.3 is 0 Å². The molecule has 82 valence electrons. The van der Waals surface area contributed by atoms with Crippen LogP contribution < -0.4 is 0 Å². The molecule has 1 aromatic carbocycles. The number of hydrogen-bond acceptors (Lipinski definition) is 2. The van der Waals surface area contributed by atoms with Gasteiger partial charge in [0.05, 0.1) is 17.4 Å². The maximum Gasteiger partial charge on any atom is 0.154 e. The Morgan fingerprint density at radius 3 is 2.25 bits per heavy atom. The van der Waals surface area contributed by atoms with Gasteiger partial charge in [-0.3, -0.25) is 4.79 Å². The lowest BCUT2D eigenvalue weighted by Crippen LogP contribution is -1.96. The molecule has 0 atom stereocenters. The molecule has 16 heavy (non-hydrogen) atoms. The van der Waals surface area contributed by atoms with Gasteiger partial charge in [0.25, 0.3) is 0 Å². The van der Waals surface area contributed by atoms with Crippen molar-refractivity contribution in [1.82, 2.24) is 9.78 Å². The molecule has 0 spiro atoms. The maximum atomic E-state index is 10.6. The van der Waals surface area contributed by atoms with Gasteiger partial charge in [-0.05, 0) is 18.2 Å². The fourth-order valence-electron chi connectivity index (χ4n) is 1.27. The highest BCUT2D eigenvalue weighted by molar-refractivity contribution is 6.35. The lowest BCUT2D eigenvalue weighted by atomic mass is 10.3. The fraction of sp³-hybridized carbons (Fsp3) is 0. The monoisotopic (exact) mass is 274 g/mol. The molecule has 0 aliphatic rings. The minimum absolute atomic E-state index is 0.230. The Labute approximate surface area is 107 Å². The van der Waals surface area contributed by atoms with E-state index in [4.69, 9.17) is 34.8 Å². The van der Waals surface area contributed by atoms with Crippen LogP contribution in [0.1, 0.15) is 10.4 Å². The van der Waals surface area contributed by atoms with Crippen LogP contribution in [-0.2, 0) is 0 Å². The molecule has 0 saturated heterocycles. The third-order valence-electron chi connectivity index (χ3n) is 1.96. The van der Waals surface area contributed by atoms with Gasteiger partial charge in [-0.15, -0.1) is 0 Å². The maximum absolute atomic E-state index is 10.6. The van der Waals surface area contributed by atoms with E-state index >= 15 is 0 Å². The van der Waals surface area contributed by atoms with Crippen molar-refractivity contribution < 1.29 is 4.79 Å². The lowest BCUT2D eigenvalue weighted by Gasteiger charge is -2.04. The fourth-order valence-corrected chi connectivity index (χ4v) is 2.02. The van der Waals surface area contributed by atoms with Crippen LogP contribution in [0.2, 0.25) is 15.2 Å². The normalized spacial score (nSPS) is 10.4. The molecule has 1 heterocycles. The summed E-state index contributed by atoms with van der Waals surface area (Å²) in [5.74, 6) is 0. The van der Waals surface area contributed by atoms with Crippen LogP contribution in [0.15, 0.2) is 24.4 Å². The van der Waals surface area contributed by atoms with Gasteiger partial charge in [0.15, 0.2) is 6.29 Å². The molecule has 3 nitrogen and oxygen atoms in total. The second-order valence-corrected chi connectivity index (χ2v) is 4.28. The Kier molecular flexibility index (Phi) is 3.19. The first-order valence-corrected chi connectivity index (χ1v) is 5.40. The van der Waals surface area contributed by atoms with E-state index < -0.39 is 0 Å². The second kappa shape index (κ2) is 4.45. The topological polar surface area (TPSA) is 34.9 Å². The van der Waals surface area contributed by atoms with Crippen molar-refractivity contribution in [3.63, 3.8) is 0 Å². The number of rotatable bonds is 2. The van der Waals surface area contributed by atoms with E-state index in [1.165, 1.54) is 10.9 Å². The van der Waals surface area contributed by atoms with E-state index in [1.807, 2.05) is 0 Å². The van der Waals surface area contributed by atoms with Crippen molar-refractivity contribution in [3.8, 4) is 5.69 Å². The molecular weight excluding hydrogens is 270 g/mol. The van der Waals surface area contributed by atoms with Crippen LogP contribution in [0.25, 0.3) is 5.69 Å². The zero-order valence-electron chi connectivity index (χ0n) is 7.82. The van der Waals surface area contributed by atoms with Gasteiger partial charge in [-0.2, -0.15) is 5.10 Å². The molecule has 0 saturated carbocycles. The summed E-state index contributed by atoms with van der Waals surface area (Å²) in [5.41, 5.74) is 0.924. The highest BCUT2D eigenvalue weighted by Crippen LogP contribution is 2.24. The number of carbonyl (C=O) groups excluding carboxylic acids is 1. The third-order valence-corrected chi connectivity index (χ3v) is 2.77. The van der Waals surface area contributed by atoms with E-state index in [0.29, 0.717) is 27.6 Å². The van der Waals surface area contributed by atoms with Gasteiger partial charge in [-0.1, -0.05) is 34.8 Å². The van der Waals surface area contributed by atoms with Crippen LogP contribution in [0.3, 0.4) is 0 Å². The van der Waals surface area contributed by atoms with Crippen molar-refractivity contribution in [3.05, 3.63) is 45.2 Å². The molecule has 6 heteroatoms. The summed E-state index contributed by atoms with van der Waals surface area (Å²) in [6.45, 7) is 0. The largest absolute Gasteiger partial charge is 0.298 e. The van der Waals surface area contributed by atoms with Gasteiger partial charge in [0.1, 0.15) is 5.15 Å². The molecule has 0 amide bonds. The van der Waals surface area contributed by atoms with Crippen LogP contribution in [0, 0.1) is 0 Å². The predicted octanol–water partition coefficient (Wildman–Crippen LogP) is 3.65. The lowest BCUT2D eigenvalue weighted by molar-refractivity contribution is 0.112. The molecule has 0 aliphatic carbocycles. The van der Waals surface area contributed by atoms with E-state index in [2.05, 4.69) is 5.10 Å². The van der Waals surface area contributed by atoms with Gasteiger partial charge in [0, 0.05) is 10.0 Å². The molecule has 0 radical (unpaired) electrons. The first-order chi connectivity index (χ1) is 7.61. The van der Waals surface area contributed by atoms with E-state index in [0.717, 1.165) is 0 Å². The summed E-state index contributed by atoms with van der Waals surface area (Å²) in [6, 6.07) is 4.91. The van der Waals surface area contributed by atoms with Crippen LogP contribution in [0.4, 0.5) is 0 Å². The molecule has 2 aromatic rings. The second-order valence-electron chi connectivity index (χ2n) is 3.05. The summed E-state index contributed by atoms with van der Waals surface area (Å²) in [4.78, 5) is 10.6. The highest BCUT2D eigenvalue weighted by atomic mass is 35.5. The molecule has 2 rings (SSSR count). The average molecular weight is 276 g/mol. The highest BCUT2D eigenvalue weighted by Gasteiger charge is 2.10. The quantitative estimate of drug-likeness (QED) is 0.784. The third kappa shape index (κ3) is 2.07. The van der Waals surface area contributed by atoms with Gasteiger partial charge >= 0.3 is 0 Å². The zero-order valence-corrected chi connectivity index (χ0v) is 10.1.